The summed E-state index contributed by atoms with van der Waals surface area (Å²) >= 11 is 0. The van der Waals surface area contributed by atoms with Gasteiger partial charge in [0.25, 0.3) is 0 Å². The van der Waals surface area contributed by atoms with Gasteiger partial charge in [-0.05, 0) is 26.0 Å². The van der Waals surface area contributed by atoms with Crippen LogP contribution in [0, 0.1) is 19.7 Å². The highest BCUT2D eigenvalue weighted by molar-refractivity contribution is 7.89. The van der Waals surface area contributed by atoms with Gasteiger partial charge in [-0.15, -0.1) is 0 Å². The SMILES string of the molecule is Cc1noc(C)c1S(=O)(=O)N(C)Cc1cc(F)cc2c1OC(c1ccccc1)OC2. The molecule has 2 aromatic carbocycles. The van der Waals surface area contributed by atoms with Crippen molar-refractivity contribution in [3.05, 3.63) is 76.4 Å². The van der Waals surface area contributed by atoms with Gasteiger partial charge in [0, 0.05) is 30.3 Å². The Bertz CT molecular complexity index is 1160. The van der Waals surface area contributed by atoms with Crippen LogP contribution in [0.1, 0.15) is 34.4 Å². The van der Waals surface area contributed by atoms with Crippen molar-refractivity contribution < 1.29 is 26.8 Å². The molecule has 1 aromatic heterocycles. The number of aryl methyl sites for hydroxylation is 2. The Morgan fingerprint density at radius 3 is 2.60 bits per heavy atom. The van der Waals surface area contributed by atoms with Gasteiger partial charge in [0.1, 0.15) is 22.2 Å². The minimum Gasteiger partial charge on any atom is -0.460 e. The maximum absolute atomic E-state index is 14.2. The molecule has 30 heavy (non-hydrogen) atoms. The summed E-state index contributed by atoms with van der Waals surface area (Å²) in [7, 11) is -2.47. The van der Waals surface area contributed by atoms with Crippen molar-refractivity contribution in [1.29, 1.82) is 0 Å². The lowest BCUT2D eigenvalue weighted by Crippen LogP contribution is -2.28. The summed E-state index contributed by atoms with van der Waals surface area (Å²) in [5, 5.41) is 3.72. The van der Waals surface area contributed by atoms with Crippen molar-refractivity contribution in [2.75, 3.05) is 7.05 Å². The van der Waals surface area contributed by atoms with Crippen LogP contribution < -0.4 is 4.74 Å². The van der Waals surface area contributed by atoms with Crippen LogP contribution in [-0.4, -0.2) is 24.9 Å². The second kappa shape index (κ2) is 7.82. The molecular formula is C21H21FN2O5S. The average molecular weight is 432 g/mol. The monoisotopic (exact) mass is 432 g/mol. The fourth-order valence-corrected chi connectivity index (χ4v) is 4.92. The molecule has 3 aromatic rings. The predicted octanol–water partition coefficient (Wildman–Crippen LogP) is 3.86. The van der Waals surface area contributed by atoms with E-state index in [1.54, 1.807) is 6.92 Å². The second-order valence-corrected chi connectivity index (χ2v) is 9.12. The Hall–Kier alpha value is -2.75. The van der Waals surface area contributed by atoms with E-state index in [0.717, 1.165) is 9.87 Å². The quantitative estimate of drug-likeness (QED) is 0.609. The lowest BCUT2D eigenvalue weighted by molar-refractivity contribution is -0.112. The van der Waals surface area contributed by atoms with E-state index in [4.69, 9.17) is 14.0 Å². The molecule has 158 valence electrons. The van der Waals surface area contributed by atoms with Crippen molar-refractivity contribution in [3.8, 4) is 5.75 Å². The topological polar surface area (TPSA) is 81.9 Å². The summed E-state index contributed by atoms with van der Waals surface area (Å²) < 4.78 is 58.2. The van der Waals surface area contributed by atoms with E-state index in [-0.39, 0.29) is 29.5 Å². The Labute approximate surface area is 174 Å². The highest BCUT2D eigenvalue weighted by atomic mass is 32.2. The van der Waals surface area contributed by atoms with Gasteiger partial charge in [-0.25, -0.2) is 12.8 Å². The number of hydrogen-bond acceptors (Lipinski definition) is 6. The summed E-state index contributed by atoms with van der Waals surface area (Å²) in [5.74, 6) is 0.143. The van der Waals surface area contributed by atoms with Crippen molar-refractivity contribution in [1.82, 2.24) is 9.46 Å². The van der Waals surface area contributed by atoms with Crippen molar-refractivity contribution in [3.63, 3.8) is 0 Å². The van der Waals surface area contributed by atoms with Gasteiger partial charge >= 0.3 is 0 Å². The van der Waals surface area contributed by atoms with Gasteiger partial charge < -0.3 is 14.0 Å². The molecule has 0 fully saturated rings. The summed E-state index contributed by atoms with van der Waals surface area (Å²) in [6, 6.07) is 12.0. The van der Waals surface area contributed by atoms with Gasteiger partial charge in [-0.3, -0.25) is 0 Å². The summed E-state index contributed by atoms with van der Waals surface area (Å²) in [6.07, 6.45) is -0.660. The molecule has 0 radical (unpaired) electrons. The Balaban J connectivity index is 1.66. The fourth-order valence-electron chi connectivity index (χ4n) is 3.49. The standard InChI is InChI=1S/C21H21FN2O5S/c1-13-20(14(2)29-23-13)30(25,26)24(3)11-16-9-18(22)10-17-12-27-21(28-19(16)17)15-7-5-4-6-8-15/h4-10,21H,11-12H2,1-3H3. The van der Waals surface area contributed by atoms with Gasteiger partial charge in [0.15, 0.2) is 5.76 Å². The largest absolute Gasteiger partial charge is 0.460 e. The number of sulfonamides is 1. The maximum Gasteiger partial charge on any atom is 0.248 e. The van der Waals surface area contributed by atoms with Crippen LogP contribution in [0.2, 0.25) is 0 Å². The molecule has 0 amide bonds. The minimum atomic E-state index is -3.89. The molecular weight excluding hydrogens is 411 g/mol. The summed E-state index contributed by atoms with van der Waals surface area (Å²) in [4.78, 5) is 0.0154. The molecule has 1 atom stereocenters. The van der Waals surface area contributed by atoms with E-state index < -0.39 is 22.1 Å². The normalized spacial score (nSPS) is 16.4. The number of halogens is 1. The number of ether oxygens (including phenoxy) is 2. The fraction of sp³-hybridized carbons (Fsp3) is 0.286. The molecule has 0 saturated heterocycles. The van der Waals surface area contributed by atoms with E-state index >= 15 is 0 Å². The van der Waals surface area contributed by atoms with Crippen LogP contribution in [0.25, 0.3) is 0 Å². The maximum atomic E-state index is 14.2. The molecule has 1 aliphatic rings. The lowest BCUT2D eigenvalue weighted by atomic mass is 10.1. The molecule has 0 spiro atoms. The number of rotatable bonds is 5. The zero-order valence-electron chi connectivity index (χ0n) is 16.8. The molecule has 2 heterocycles. The van der Waals surface area contributed by atoms with Crippen LogP contribution >= 0.6 is 0 Å². The van der Waals surface area contributed by atoms with Gasteiger partial charge in [0.05, 0.1) is 6.61 Å². The first-order valence-electron chi connectivity index (χ1n) is 9.31. The first-order valence-corrected chi connectivity index (χ1v) is 10.7. The number of aromatic nitrogens is 1. The van der Waals surface area contributed by atoms with E-state index in [2.05, 4.69) is 5.16 Å². The zero-order valence-corrected chi connectivity index (χ0v) is 17.6. The molecule has 0 aliphatic carbocycles. The number of benzene rings is 2. The molecule has 0 N–H and O–H groups in total. The zero-order chi connectivity index (χ0) is 21.5. The molecule has 7 nitrogen and oxygen atoms in total. The molecule has 4 rings (SSSR count). The van der Waals surface area contributed by atoms with E-state index in [9.17, 15) is 12.8 Å². The Morgan fingerprint density at radius 2 is 1.93 bits per heavy atom. The van der Waals surface area contributed by atoms with Crippen molar-refractivity contribution in [2.24, 2.45) is 0 Å². The van der Waals surface area contributed by atoms with Gasteiger partial charge in [-0.1, -0.05) is 35.5 Å². The van der Waals surface area contributed by atoms with E-state index in [1.165, 1.54) is 26.1 Å². The minimum absolute atomic E-state index is 0.0154. The average Bonchev–Trinajstić information content (AvgIpc) is 3.07. The van der Waals surface area contributed by atoms with Crippen molar-refractivity contribution in [2.45, 2.75) is 38.2 Å². The van der Waals surface area contributed by atoms with E-state index in [1.807, 2.05) is 30.3 Å². The van der Waals surface area contributed by atoms with Crippen LogP contribution in [0.5, 0.6) is 5.75 Å². The third kappa shape index (κ3) is 3.71. The second-order valence-electron chi connectivity index (χ2n) is 7.14. The number of fused-ring (bicyclic) bond motifs is 1. The first kappa shape index (κ1) is 20.5. The predicted molar refractivity (Wildman–Crippen MR) is 106 cm³/mol. The number of nitrogens with zero attached hydrogens (tertiary/aromatic N) is 2. The summed E-state index contributed by atoms with van der Waals surface area (Å²) in [6.45, 7) is 3.16. The van der Waals surface area contributed by atoms with E-state index in [0.29, 0.717) is 16.9 Å². The molecule has 9 heteroatoms. The molecule has 0 bridgehead atoms. The summed E-state index contributed by atoms with van der Waals surface area (Å²) in [5.41, 5.74) is 2.02. The van der Waals surface area contributed by atoms with Crippen LogP contribution in [0.4, 0.5) is 4.39 Å². The molecule has 1 aliphatic heterocycles. The third-order valence-corrected chi connectivity index (χ3v) is 6.97. The van der Waals surface area contributed by atoms with Gasteiger partial charge in [0.2, 0.25) is 16.3 Å². The highest BCUT2D eigenvalue weighted by Crippen LogP contribution is 2.37. The number of hydrogen-bond donors (Lipinski definition) is 0. The Morgan fingerprint density at radius 1 is 1.20 bits per heavy atom. The van der Waals surface area contributed by atoms with Crippen LogP contribution in [0.15, 0.2) is 51.9 Å². The van der Waals surface area contributed by atoms with Crippen LogP contribution in [0.3, 0.4) is 0 Å². The van der Waals surface area contributed by atoms with Gasteiger partial charge in [-0.2, -0.15) is 4.31 Å². The highest BCUT2D eigenvalue weighted by Gasteiger charge is 2.31. The van der Waals surface area contributed by atoms with Crippen LogP contribution in [-0.2, 0) is 27.9 Å². The third-order valence-electron chi connectivity index (χ3n) is 4.92. The smallest absolute Gasteiger partial charge is 0.248 e. The molecule has 1 unspecified atom stereocenters. The molecule has 0 saturated carbocycles. The first-order chi connectivity index (χ1) is 14.3. The lowest BCUT2D eigenvalue weighted by Gasteiger charge is -2.29. The van der Waals surface area contributed by atoms with Crippen molar-refractivity contribution >= 4 is 10.0 Å². The Kier molecular flexibility index (Phi) is 5.35.